The molecule has 1 aromatic heterocycles. The second-order valence-electron chi connectivity index (χ2n) is 5.91. The van der Waals surface area contributed by atoms with E-state index in [0.29, 0.717) is 5.70 Å². The molecule has 0 spiro atoms. The highest BCUT2D eigenvalue weighted by molar-refractivity contribution is 8.13. The lowest BCUT2D eigenvalue weighted by Crippen LogP contribution is -2.44. The van der Waals surface area contributed by atoms with Crippen molar-refractivity contribution in [3.8, 4) is 5.75 Å². The van der Waals surface area contributed by atoms with Gasteiger partial charge in [-0.2, -0.15) is 0 Å². The Morgan fingerprint density at radius 3 is 2.88 bits per heavy atom. The highest BCUT2D eigenvalue weighted by Gasteiger charge is 2.19. The fourth-order valence-electron chi connectivity index (χ4n) is 2.70. The van der Waals surface area contributed by atoms with Crippen LogP contribution in [0, 0.1) is 0 Å². The number of ether oxygens (including phenoxy) is 1. The van der Waals surface area contributed by atoms with E-state index in [2.05, 4.69) is 31.9 Å². The Balaban J connectivity index is 1.76. The summed E-state index contributed by atoms with van der Waals surface area (Å²) in [6.07, 6.45) is 3.64. The molecular formula is C16H24N6O2S. The third-order valence-electron chi connectivity index (χ3n) is 4.17. The van der Waals surface area contributed by atoms with Crippen molar-refractivity contribution in [1.82, 2.24) is 19.9 Å². The van der Waals surface area contributed by atoms with Crippen LogP contribution in [0.25, 0.3) is 0 Å². The third-order valence-corrected chi connectivity index (χ3v) is 5.70. The van der Waals surface area contributed by atoms with Gasteiger partial charge in [-0.25, -0.2) is 4.98 Å². The van der Waals surface area contributed by atoms with Gasteiger partial charge in [0.05, 0.1) is 31.2 Å². The molecule has 25 heavy (non-hydrogen) atoms. The average Bonchev–Trinajstić information content (AvgIpc) is 3.10. The Labute approximate surface area is 150 Å². The zero-order valence-corrected chi connectivity index (χ0v) is 15.3. The van der Waals surface area contributed by atoms with Crippen LogP contribution in [-0.2, 0) is 4.79 Å². The topological polar surface area (TPSA) is 95.7 Å². The first-order chi connectivity index (χ1) is 12.1. The number of allylic oxidation sites excluding steroid dienone is 1. The number of hydrogen-bond donors (Lipinski definition) is 3. The van der Waals surface area contributed by atoms with Crippen molar-refractivity contribution < 1.29 is 9.53 Å². The molecule has 3 heterocycles. The zero-order valence-electron chi connectivity index (χ0n) is 14.5. The van der Waals surface area contributed by atoms with E-state index in [-0.39, 0.29) is 12.5 Å². The first-order valence-electron chi connectivity index (χ1n) is 8.12. The van der Waals surface area contributed by atoms with E-state index >= 15 is 0 Å². The molecule has 0 radical (unpaired) electrons. The second-order valence-corrected chi connectivity index (χ2v) is 7.48. The molecule has 1 unspecified atom stereocenters. The van der Waals surface area contributed by atoms with Gasteiger partial charge in [-0.15, -0.1) is 0 Å². The Morgan fingerprint density at radius 1 is 1.44 bits per heavy atom. The van der Waals surface area contributed by atoms with E-state index in [1.165, 1.54) is 0 Å². The molecule has 1 aromatic rings. The van der Waals surface area contributed by atoms with Gasteiger partial charge >= 0.3 is 0 Å². The summed E-state index contributed by atoms with van der Waals surface area (Å²) in [5.41, 5.74) is 7.05. The quantitative estimate of drug-likeness (QED) is 0.618. The molecule has 0 aromatic carbocycles. The highest BCUT2D eigenvalue weighted by atomic mass is 32.2. The van der Waals surface area contributed by atoms with Gasteiger partial charge in [-0.1, -0.05) is 0 Å². The fourth-order valence-corrected chi connectivity index (χ4v) is 4.05. The summed E-state index contributed by atoms with van der Waals surface area (Å²) in [6, 6.07) is 1.96. The number of carbonyl (C=O) groups is 1. The molecule has 0 bridgehead atoms. The molecule has 1 atom stereocenters. The predicted octanol–water partition coefficient (Wildman–Crippen LogP) is -0.293. The minimum atomic E-state index is -0.411. The molecule has 0 saturated carbocycles. The third kappa shape index (κ3) is 4.12. The SMILES string of the molecule is COc1cc(S2=CC(NC(=O)CN)=CN2)ncc1N1CCN(C)CC1. The van der Waals surface area contributed by atoms with Crippen molar-refractivity contribution in [3.05, 3.63) is 24.2 Å². The van der Waals surface area contributed by atoms with Crippen LogP contribution in [-0.4, -0.2) is 68.0 Å². The minimum absolute atomic E-state index is 0.0370. The molecule has 2 aliphatic rings. The van der Waals surface area contributed by atoms with Crippen LogP contribution in [0.2, 0.25) is 0 Å². The van der Waals surface area contributed by atoms with Crippen molar-refractivity contribution in [1.29, 1.82) is 0 Å². The lowest BCUT2D eigenvalue weighted by molar-refractivity contribution is -0.118. The molecule has 1 amide bonds. The van der Waals surface area contributed by atoms with Crippen LogP contribution in [0.3, 0.4) is 0 Å². The lowest BCUT2D eigenvalue weighted by Gasteiger charge is -2.34. The number of piperazine rings is 1. The number of amides is 1. The van der Waals surface area contributed by atoms with E-state index in [1.54, 1.807) is 13.3 Å². The maximum Gasteiger partial charge on any atom is 0.238 e. The summed E-state index contributed by atoms with van der Waals surface area (Å²) in [4.78, 5) is 20.6. The number of nitrogens with one attached hydrogen (secondary N) is 2. The number of carbonyl (C=O) groups excluding carboxylic acids is 1. The number of nitrogens with zero attached hydrogens (tertiary/aromatic N) is 3. The van der Waals surface area contributed by atoms with Gasteiger partial charge in [0.25, 0.3) is 0 Å². The number of likely N-dealkylation sites (N-methyl/N-ethyl adjacent to an activating group) is 1. The number of pyridine rings is 1. The molecule has 1 fully saturated rings. The molecule has 136 valence electrons. The van der Waals surface area contributed by atoms with Crippen LogP contribution in [0.5, 0.6) is 5.75 Å². The van der Waals surface area contributed by atoms with Crippen LogP contribution >= 0.6 is 10.7 Å². The summed E-state index contributed by atoms with van der Waals surface area (Å²) in [5.74, 6) is 0.599. The first kappa shape index (κ1) is 17.7. The van der Waals surface area contributed by atoms with Crippen molar-refractivity contribution in [2.45, 2.75) is 5.03 Å². The number of rotatable bonds is 5. The van der Waals surface area contributed by atoms with Crippen molar-refractivity contribution in [3.63, 3.8) is 0 Å². The molecule has 4 N–H and O–H groups in total. The Morgan fingerprint density at radius 2 is 2.20 bits per heavy atom. The Kier molecular flexibility index (Phi) is 5.57. The number of anilines is 1. The van der Waals surface area contributed by atoms with Gasteiger partial charge in [0.2, 0.25) is 5.91 Å². The van der Waals surface area contributed by atoms with E-state index in [4.69, 9.17) is 10.5 Å². The molecule has 1 saturated heterocycles. The smallest absolute Gasteiger partial charge is 0.238 e. The molecule has 0 aliphatic carbocycles. The summed E-state index contributed by atoms with van der Waals surface area (Å²) >= 11 is 0. The minimum Gasteiger partial charge on any atom is -0.494 e. The lowest BCUT2D eigenvalue weighted by atomic mass is 10.2. The maximum atomic E-state index is 11.4. The van der Waals surface area contributed by atoms with Crippen LogP contribution in [0.1, 0.15) is 0 Å². The highest BCUT2D eigenvalue weighted by Crippen LogP contribution is 2.34. The normalized spacial score (nSPS) is 20.5. The van der Waals surface area contributed by atoms with Gasteiger partial charge in [0.15, 0.2) is 0 Å². The molecule has 3 rings (SSSR count). The zero-order chi connectivity index (χ0) is 17.8. The summed E-state index contributed by atoms with van der Waals surface area (Å²) < 4.78 is 8.82. The monoisotopic (exact) mass is 364 g/mol. The van der Waals surface area contributed by atoms with Crippen LogP contribution in [0.4, 0.5) is 5.69 Å². The largest absolute Gasteiger partial charge is 0.494 e. The first-order valence-corrected chi connectivity index (χ1v) is 9.41. The number of aromatic nitrogens is 1. The number of methoxy groups -OCH3 is 1. The number of hydrogen-bond acceptors (Lipinski definition) is 7. The van der Waals surface area contributed by atoms with Crippen molar-refractivity contribution in [2.75, 3.05) is 51.8 Å². The average molecular weight is 364 g/mol. The Bertz CT molecular complexity index is 713. The van der Waals surface area contributed by atoms with E-state index < -0.39 is 10.7 Å². The second kappa shape index (κ2) is 7.85. The van der Waals surface area contributed by atoms with Gasteiger partial charge in [0.1, 0.15) is 10.8 Å². The van der Waals surface area contributed by atoms with Crippen LogP contribution in [0.15, 0.2) is 29.2 Å². The summed E-state index contributed by atoms with van der Waals surface area (Å²) in [5, 5.41) is 5.54. The van der Waals surface area contributed by atoms with Gasteiger partial charge in [-0.05, 0) is 17.7 Å². The maximum absolute atomic E-state index is 11.4. The van der Waals surface area contributed by atoms with Crippen molar-refractivity contribution in [2.24, 2.45) is 5.73 Å². The number of nitrogens with two attached hydrogens (primary N) is 1. The van der Waals surface area contributed by atoms with E-state index in [9.17, 15) is 4.79 Å². The van der Waals surface area contributed by atoms with E-state index in [0.717, 1.165) is 42.6 Å². The predicted molar refractivity (Wildman–Crippen MR) is 101 cm³/mol. The van der Waals surface area contributed by atoms with Crippen LogP contribution < -0.4 is 25.4 Å². The standard InChI is InChI=1S/C16H24N6O2S/c1-21-3-5-22(6-4-21)13-10-18-16(7-14(13)24-2)25-11-12(9-19-25)20-15(23)8-17/h7,9-11,19H,3-6,8,17H2,1-2H3,(H,20,23). The Hall–Kier alpha value is -2.10. The molecule has 9 heteroatoms. The van der Waals surface area contributed by atoms with Crippen molar-refractivity contribution >= 4 is 27.6 Å². The van der Waals surface area contributed by atoms with E-state index in [1.807, 2.05) is 17.6 Å². The molecule has 2 aliphatic heterocycles. The summed E-state index contributed by atoms with van der Waals surface area (Å²) in [6.45, 7) is 3.93. The molecule has 8 nitrogen and oxygen atoms in total. The fraction of sp³-hybridized carbons (Fsp3) is 0.438. The van der Waals surface area contributed by atoms with Gasteiger partial charge in [-0.3, -0.25) is 4.79 Å². The summed E-state index contributed by atoms with van der Waals surface area (Å²) in [7, 11) is 3.40. The van der Waals surface area contributed by atoms with Gasteiger partial charge in [0, 0.05) is 43.8 Å². The van der Waals surface area contributed by atoms with Gasteiger partial charge < -0.3 is 30.3 Å². The molecular weight excluding hydrogens is 340 g/mol.